The molecule has 3 aromatic rings. The van der Waals surface area contributed by atoms with Gasteiger partial charge in [0.2, 0.25) is 11.1 Å². The number of nitrogens with zero attached hydrogens (tertiary/aromatic N) is 3. The number of aromatic amines is 1. The van der Waals surface area contributed by atoms with Gasteiger partial charge in [0.25, 0.3) is 0 Å². The molecule has 0 atom stereocenters. The van der Waals surface area contributed by atoms with E-state index in [2.05, 4.69) is 25.7 Å². The van der Waals surface area contributed by atoms with Crippen molar-refractivity contribution < 1.29 is 14.3 Å². The quantitative estimate of drug-likeness (QED) is 0.240. The fraction of sp³-hybridized carbons (Fsp3) is 0.200. The Morgan fingerprint density at radius 1 is 1.10 bits per heavy atom. The Hall–Kier alpha value is -3.33. The molecule has 3 rings (SSSR count). The summed E-state index contributed by atoms with van der Waals surface area (Å²) in [5.74, 6) is 1.63. The molecule has 0 bridgehead atoms. The second-order valence-electron chi connectivity index (χ2n) is 5.92. The molecule has 150 valence electrons. The van der Waals surface area contributed by atoms with E-state index in [1.807, 2.05) is 37.3 Å². The molecule has 0 fully saturated rings. The number of thioether (sulfide) groups is 1. The Morgan fingerprint density at radius 2 is 1.86 bits per heavy atom. The summed E-state index contributed by atoms with van der Waals surface area (Å²) in [5.41, 5.74) is 5.20. The number of carbonyl (C=O) groups excluding carboxylic acids is 1. The van der Waals surface area contributed by atoms with Crippen molar-refractivity contribution >= 4 is 29.2 Å². The van der Waals surface area contributed by atoms with E-state index in [9.17, 15) is 4.79 Å². The first-order chi connectivity index (χ1) is 14.1. The van der Waals surface area contributed by atoms with Gasteiger partial charge in [-0.05, 0) is 30.7 Å². The first kappa shape index (κ1) is 20.4. The van der Waals surface area contributed by atoms with Gasteiger partial charge in [-0.1, -0.05) is 42.1 Å². The number of benzene rings is 2. The minimum absolute atomic E-state index is 0.0618. The fourth-order valence-electron chi connectivity index (χ4n) is 2.46. The Morgan fingerprint density at radius 3 is 2.59 bits per heavy atom. The highest BCUT2D eigenvalue weighted by atomic mass is 32.2. The van der Waals surface area contributed by atoms with Crippen LogP contribution in [0.15, 0.2) is 58.8 Å². The molecule has 0 aliphatic heterocycles. The maximum Gasteiger partial charge on any atom is 0.240 e. The van der Waals surface area contributed by atoms with Crippen LogP contribution in [0.25, 0.3) is 0 Å². The van der Waals surface area contributed by atoms with Crippen molar-refractivity contribution in [1.29, 1.82) is 0 Å². The van der Waals surface area contributed by atoms with Crippen molar-refractivity contribution in [2.75, 3.05) is 25.4 Å². The summed E-state index contributed by atoms with van der Waals surface area (Å²) in [6.07, 6.45) is 0. The Kier molecular flexibility index (Phi) is 6.85. The van der Waals surface area contributed by atoms with Gasteiger partial charge < -0.3 is 9.47 Å². The minimum Gasteiger partial charge on any atom is -0.493 e. The SMILES string of the molecule is COc1ccc(C(=O)CSc2n[nH]c(N/N=C(\C)c3ccccc3)n2)cc1OC. The van der Waals surface area contributed by atoms with Crippen LogP contribution in [-0.2, 0) is 0 Å². The molecule has 2 N–H and O–H groups in total. The highest BCUT2D eigenvalue weighted by molar-refractivity contribution is 7.99. The van der Waals surface area contributed by atoms with Crippen LogP contribution in [0.2, 0.25) is 0 Å². The predicted molar refractivity (Wildman–Crippen MR) is 113 cm³/mol. The number of carbonyl (C=O) groups is 1. The molecule has 29 heavy (non-hydrogen) atoms. The van der Waals surface area contributed by atoms with Crippen LogP contribution in [-0.4, -0.2) is 46.6 Å². The number of nitrogens with one attached hydrogen (secondary N) is 2. The van der Waals surface area contributed by atoms with E-state index in [-0.39, 0.29) is 11.5 Å². The van der Waals surface area contributed by atoms with Gasteiger partial charge >= 0.3 is 0 Å². The highest BCUT2D eigenvalue weighted by Gasteiger charge is 2.13. The van der Waals surface area contributed by atoms with Crippen molar-refractivity contribution in [1.82, 2.24) is 15.2 Å². The van der Waals surface area contributed by atoms with Gasteiger partial charge in [0.15, 0.2) is 17.3 Å². The standard InChI is InChI=1S/C20H21N5O3S/c1-13(14-7-5-4-6-8-14)22-23-19-21-20(25-24-19)29-12-16(26)15-9-10-17(27-2)18(11-15)28-3/h4-11H,12H2,1-3H3,(H2,21,23,24,25)/b22-13+. The average molecular weight is 411 g/mol. The lowest BCUT2D eigenvalue weighted by Gasteiger charge is -2.08. The van der Waals surface area contributed by atoms with Crippen LogP contribution in [0.5, 0.6) is 11.5 Å². The van der Waals surface area contributed by atoms with E-state index in [1.165, 1.54) is 18.9 Å². The molecular formula is C20H21N5O3S. The Balaban J connectivity index is 1.57. The summed E-state index contributed by atoms with van der Waals surface area (Å²) in [7, 11) is 3.08. The summed E-state index contributed by atoms with van der Waals surface area (Å²) in [6.45, 7) is 1.90. The number of ether oxygens (including phenoxy) is 2. The van der Waals surface area contributed by atoms with Crippen molar-refractivity contribution in [2.24, 2.45) is 5.10 Å². The largest absolute Gasteiger partial charge is 0.493 e. The van der Waals surface area contributed by atoms with Crippen LogP contribution in [0.1, 0.15) is 22.8 Å². The van der Waals surface area contributed by atoms with Crippen molar-refractivity contribution in [3.63, 3.8) is 0 Å². The van der Waals surface area contributed by atoms with E-state index < -0.39 is 0 Å². The molecule has 0 aliphatic carbocycles. The number of H-pyrrole nitrogens is 1. The number of hydrazone groups is 1. The first-order valence-electron chi connectivity index (χ1n) is 8.77. The zero-order valence-corrected chi connectivity index (χ0v) is 17.1. The number of hydrogen-bond donors (Lipinski definition) is 2. The summed E-state index contributed by atoms with van der Waals surface area (Å²) < 4.78 is 10.4. The highest BCUT2D eigenvalue weighted by Crippen LogP contribution is 2.28. The summed E-state index contributed by atoms with van der Waals surface area (Å²) in [4.78, 5) is 16.7. The number of anilines is 1. The zero-order valence-electron chi connectivity index (χ0n) is 16.3. The number of aromatic nitrogens is 3. The number of ketones is 1. The predicted octanol–water partition coefficient (Wildman–Crippen LogP) is 3.63. The van der Waals surface area contributed by atoms with E-state index in [0.717, 1.165) is 11.3 Å². The zero-order chi connectivity index (χ0) is 20.6. The van der Waals surface area contributed by atoms with Crippen LogP contribution in [0.4, 0.5) is 5.95 Å². The second-order valence-corrected chi connectivity index (χ2v) is 6.87. The molecular weight excluding hydrogens is 390 g/mol. The Labute approximate surface area is 172 Å². The van der Waals surface area contributed by atoms with Gasteiger partial charge in [-0.3, -0.25) is 4.79 Å². The molecule has 9 heteroatoms. The van der Waals surface area contributed by atoms with Crippen LogP contribution in [0.3, 0.4) is 0 Å². The topological polar surface area (TPSA) is 101 Å². The summed E-state index contributed by atoms with van der Waals surface area (Å²) >= 11 is 1.23. The second kappa shape index (κ2) is 9.74. The third kappa shape index (κ3) is 5.35. The maximum atomic E-state index is 12.4. The molecule has 0 amide bonds. The van der Waals surface area contributed by atoms with E-state index in [4.69, 9.17) is 9.47 Å². The average Bonchev–Trinajstić information content (AvgIpc) is 3.23. The molecule has 0 saturated carbocycles. The van der Waals surface area contributed by atoms with Crippen molar-refractivity contribution in [3.8, 4) is 11.5 Å². The molecule has 0 aliphatic rings. The van der Waals surface area contributed by atoms with E-state index in [1.54, 1.807) is 25.3 Å². The summed E-state index contributed by atoms with van der Waals surface area (Å²) in [5, 5.41) is 11.6. The van der Waals surface area contributed by atoms with Gasteiger partial charge in [-0.15, -0.1) is 5.10 Å². The number of hydrogen-bond acceptors (Lipinski definition) is 8. The molecule has 1 aromatic heterocycles. The van der Waals surface area contributed by atoms with E-state index >= 15 is 0 Å². The molecule has 0 unspecified atom stereocenters. The lowest BCUT2D eigenvalue weighted by Crippen LogP contribution is -2.03. The minimum atomic E-state index is -0.0618. The van der Waals surface area contributed by atoms with Crippen molar-refractivity contribution in [2.45, 2.75) is 12.1 Å². The monoisotopic (exact) mass is 411 g/mol. The van der Waals surface area contributed by atoms with Crippen LogP contribution in [0, 0.1) is 0 Å². The molecule has 0 saturated heterocycles. The van der Waals surface area contributed by atoms with Crippen LogP contribution < -0.4 is 14.9 Å². The van der Waals surface area contributed by atoms with Gasteiger partial charge in [-0.2, -0.15) is 10.1 Å². The third-order valence-electron chi connectivity index (χ3n) is 4.02. The van der Waals surface area contributed by atoms with Gasteiger partial charge in [0.1, 0.15) is 0 Å². The lowest BCUT2D eigenvalue weighted by atomic mass is 10.1. The maximum absolute atomic E-state index is 12.4. The molecule has 0 radical (unpaired) electrons. The number of Topliss-reactive ketones (excluding diaryl/α,β-unsaturated/α-hetero) is 1. The van der Waals surface area contributed by atoms with Gasteiger partial charge in [-0.25, -0.2) is 10.5 Å². The van der Waals surface area contributed by atoms with Crippen LogP contribution >= 0.6 is 11.8 Å². The molecule has 1 heterocycles. The first-order valence-corrected chi connectivity index (χ1v) is 9.75. The van der Waals surface area contributed by atoms with Gasteiger partial charge in [0.05, 0.1) is 25.7 Å². The summed E-state index contributed by atoms with van der Waals surface area (Å²) in [6, 6.07) is 14.9. The normalized spacial score (nSPS) is 11.2. The van der Waals surface area contributed by atoms with Crippen molar-refractivity contribution in [3.05, 3.63) is 59.7 Å². The van der Waals surface area contributed by atoms with Gasteiger partial charge in [0, 0.05) is 5.56 Å². The number of methoxy groups -OCH3 is 2. The van der Waals surface area contributed by atoms with E-state index in [0.29, 0.717) is 28.2 Å². The Bertz CT molecular complexity index is 1000. The smallest absolute Gasteiger partial charge is 0.240 e. The molecule has 0 spiro atoms. The number of rotatable bonds is 9. The fourth-order valence-corrected chi connectivity index (χ4v) is 3.16. The third-order valence-corrected chi connectivity index (χ3v) is 4.87. The molecule has 2 aromatic carbocycles. The molecule has 8 nitrogen and oxygen atoms in total. The lowest BCUT2D eigenvalue weighted by molar-refractivity contribution is 0.102.